The number of carbonyl (C=O) groups is 1. The molecule has 7 heteroatoms. The molecule has 1 aromatic rings. The summed E-state index contributed by atoms with van der Waals surface area (Å²) in [4.78, 5) is 14.5. The van der Waals surface area contributed by atoms with Crippen molar-refractivity contribution in [3.05, 3.63) is 6.33 Å². The highest BCUT2D eigenvalue weighted by Gasteiger charge is 2.16. The van der Waals surface area contributed by atoms with Crippen LogP contribution in [-0.4, -0.2) is 50.8 Å². The van der Waals surface area contributed by atoms with E-state index in [1.165, 1.54) is 11.1 Å². The van der Waals surface area contributed by atoms with E-state index in [1.54, 1.807) is 4.90 Å². The summed E-state index contributed by atoms with van der Waals surface area (Å²) in [5.74, 6) is 0. The lowest BCUT2D eigenvalue weighted by atomic mass is 10.3. The number of nitrogens with one attached hydrogen (secondary N) is 1. The van der Waals surface area contributed by atoms with Crippen LogP contribution in [0.2, 0.25) is 0 Å². The molecule has 1 fully saturated rings. The Balaban J connectivity index is 1.82. The molecule has 2 heterocycles. The zero-order valence-corrected chi connectivity index (χ0v) is 7.76. The minimum atomic E-state index is -0.00337. The fourth-order valence-electron chi connectivity index (χ4n) is 1.39. The summed E-state index contributed by atoms with van der Waals surface area (Å²) < 4.78 is 0. The van der Waals surface area contributed by atoms with Gasteiger partial charge in [0.1, 0.15) is 0 Å². The molecule has 0 spiro atoms. The second-order valence-electron chi connectivity index (χ2n) is 3.10. The Morgan fingerprint density at radius 1 is 1.50 bits per heavy atom. The van der Waals surface area contributed by atoms with E-state index < -0.39 is 0 Å². The Morgan fingerprint density at radius 3 is 3.14 bits per heavy atom. The Morgan fingerprint density at radius 2 is 2.43 bits per heavy atom. The molecular formula is C7H12N6O. The van der Waals surface area contributed by atoms with E-state index in [2.05, 4.69) is 20.7 Å². The maximum absolute atomic E-state index is 11.3. The van der Waals surface area contributed by atoms with Crippen LogP contribution in [0.15, 0.2) is 6.33 Å². The van der Waals surface area contributed by atoms with Gasteiger partial charge >= 0.3 is 6.03 Å². The fourth-order valence-corrected chi connectivity index (χ4v) is 1.39. The van der Waals surface area contributed by atoms with Crippen LogP contribution < -0.4 is 5.32 Å². The van der Waals surface area contributed by atoms with Gasteiger partial charge in [0.25, 0.3) is 0 Å². The van der Waals surface area contributed by atoms with Crippen molar-refractivity contribution in [1.82, 2.24) is 30.4 Å². The smallest absolute Gasteiger partial charge is 0.317 e. The van der Waals surface area contributed by atoms with Gasteiger partial charge in [0.2, 0.25) is 0 Å². The molecule has 1 aliphatic heterocycles. The summed E-state index contributed by atoms with van der Waals surface area (Å²) in [6, 6.07) is -0.00337. The summed E-state index contributed by atoms with van der Waals surface area (Å²) >= 11 is 0. The molecule has 0 aliphatic carbocycles. The van der Waals surface area contributed by atoms with Gasteiger partial charge in [-0.25, -0.2) is 4.79 Å². The number of amides is 2. The van der Waals surface area contributed by atoms with Gasteiger partial charge in [-0.1, -0.05) is 0 Å². The van der Waals surface area contributed by atoms with Crippen LogP contribution in [0.3, 0.4) is 0 Å². The molecule has 0 radical (unpaired) electrons. The number of urea groups is 1. The normalized spacial score (nSPS) is 16.9. The zero-order valence-electron chi connectivity index (χ0n) is 7.76. The number of hydrogen-bond acceptors (Lipinski definition) is 4. The molecule has 1 aliphatic rings. The Kier molecular flexibility index (Phi) is 2.57. The zero-order chi connectivity index (χ0) is 9.80. The monoisotopic (exact) mass is 196 g/mol. The first-order chi connectivity index (χ1) is 6.86. The summed E-state index contributed by atoms with van der Waals surface area (Å²) in [6.07, 6.45) is 2.38. The molecule has 0 atom stereocenters. The Labute approximate surface area is 81.1 Å². The summed E-state index contributed by atoms with van der Waals surface area (Å²) in [7, 11) is 0. The maximum Gasteiger partial charge on any atom is 0.317 e. The standard InChI is InChI=1S/C7H12N6O/c14-7-8-2-1-3-12(7)4-5-13-10-6-9-11-13/h6H,1-5H2,(H,8,14). The van der Waals surface area contributed by atoms with Crippen LogP contribution in [0.4, 0.5) is 4.79 Å². The van der Waals surface area contributed by atoms with E-state index in [1.807, 2.05) is 0 Å². The van der Waals surface area contributed by atoms with E-state index in [0.717, 1.165) is 19.5 Å². The quantitative estimate of drug-likeness (QED) is 0.679. The molecule has 7 nitrogen and oxygen atoms in total. The molecule has 0 bridgehead atoms. The molecule has 1 N–H and O–H groups in total. The van der Waals surface area contributed by atoms with Crippen molar-refractivity contribution in [3.8, 4) is 0 Å². The number of rotatable bonds is 3. The molecule has 1 saturated heterocycles. The van der Waals surface area contributed by atoms with Gasteiger partial charge < -0.3 is 10.2 Å². The van der Waals surface area contributed by atoms with Crippen LogP contribution in [-0.2, 0) is 6.54 Å². The van der Waals surface area contributed by atoms with Gasteiger partial charge in [-0.15, -0.1) is 10.2 Å². The Bertz CT molecular complexity index is 297. The number of nitrogens with zero attached hydrogens (tertiary/aromatic N) is 5. The lowest BCUT2D eigenvalue weighted by molar-refractivity contribution is 0.182. The lowest BCUT2D eigenvalue weighted by Gasteiger charge is -2.26. The van der Waals surface area contributed by atoms with Crippen LogP contribution in [0.1, 0.15) is 6.42 Å². The first-order valence-electron chi connectivity index (χ1n) is 4.60. The SMILES string of the molecule is O=C1NCCCN1CCn1ncnn1. The second kappa shape index (κ2) is 4.03. The molecule has 0 unspecified atom stereocenters. The molecule has 0 saturated carbocycles. The van der Waals surface area contributed by atoms with Crippen molar-refractivity contribution in [2.75, 3.05) is 19.6 Å². The van der Waals surface area contributed by atoms with E-state index in [-0.39, 0.29) is 6.03 Å². The second-order valence-corrected chi connectivity index (χ2v) is 3.10. The molecular weight excluding hydrogens is 184 g/mol. The lowest BCUT2D eigenvalue weighted by Crippen LogP contribution is -2.47. The molecule has 2 rings (SSSR count). The van der Waals surface area contributed by atoms with E-state index >= 15 is 0 Å². The molecule has 1 aromatic heterocycles. The highest BCUT2D eigenvalue weighted by molar-refractivity contribution is 5.74. The number of hydrogen-bond donors (Lipinski definition) is 1. The van der Waals surface area contributed by atoms with Gasteiger partial charge in [0, 0.05) is 19.6 Å². The predicted molar refractivity (Wildman–Crippen MR) is 47.4 cm³/mol. The number of carbonyl (C=O) groups excluding carboxylic acids is 1. The minimum absolute atomic E-state index is 0.00337. The fraction of sp³-hybridized carbons (Fsp3) is 0.714. The van der Waals surface area contributed by atoms with E-state index in [0.29, 0.717) is 13.1 Å². The van der Waals surface area contributed by atoms with E-state index in [4.69, 9.17) is 0 Å². The average Bonchev–Trinajstić information content (AvgIpc) is 2.69. The van der Waals surface area contributed by atoms with Crippen LogP contribution >= 0.6 is 0 Å². The van der Waals surface area contributed by atoms with Gasteiger partial charge in [0.05, 0.1) is 6.54 Å². The van der Waals surface area contributed by atoms with Crippen molar-refractivity contribution >= 4 is 6.03 Å². The topological polar surface area (TPSA) is 75.9 Å². The first kappa shape index (κ1) is 8.92. The molecule has 14 heavy (non-hydrogen) atoms. The maximum atomic E-state index is 11.3. The average molecular weight is 196 g/mol. The highest BCUT2D eigenvalue weighted by Crippen LogP contribution is 1.98. The summed E-state index contributed by atoms with van der Waals surface area (Å²) in [5.41, 5.74) is 0. The van der Waals surface area contributed by atoms with Gasteiger partial charge in [-0.05, 0) is 11.6 Å². The largest absolute Gasteiger partial charge is 0.338 e. The van der Waals surface area contributed by atoms with Crippen LogP contribution in [0, 0.1) is 0 Å². The minimum Gasteiger partial charge on any atom is -0.338 e. The Hall–Kier alpha value is -1.66. The van der Waals surface area contributed by atoms with Crippen molar-refractivity contribution in [3.63, 3.8) is 0 Å². The van der Waals surface area contributed by atoms with Crippen molar-refractivity contribution in [2.24, 2.45) is 0 Å². The number of aromatic nitrogens is 4. The predicted octanol–water partition coefficient (Wildman–Crippen LogP) is -0.912. The summed E-state index contributed by atoms with van der Waals surface area (Å²) in [6.45, 7) is 2.80. The molecule has 76 valence electrons. The molecule has 0 aromatic carbocycles. The van der Waals surface area contributed by atoms with Gasteiger partial charge in [0.15, 0.2) is 6.33 Å². The number of tetrazole rings is 1. The van der Waals surface area contributed by atoms with E-state index in [9.17, 15) is 4.79 Å². The van der Waals surface area contributed by atoms with Crippen molar-refractivity contribution in [2.45, 2.75) is 13.0 Å². The van der Waals surface area contributed by atoms with Gasteiger partial charge in [-0.2, -0.15) is 4.80 Å². The van der Waals surface area contributed by atoms with Gasteiger partial charge in [-0.3, -0.25) is 0 Å². The van der Waals surface area contributed by atoms with Crippen LogP contribution in [0.25, 0.3) is 0 Å². The third-order valence-corrected chi connectivity index (χ3v) is 2.13. The third kappa shape index (κ3) is 1.98. The van der Waals surface area contributed by atoms with Crippen LogP contribution in [0.5, 0.6) is 0 Å². The first-order valence-corrected chi connectivity index (χ1v) is 4.60. The molecule has 2 amide bonds. The third-order valence-electron chi connectivity index (χ3n) is 2.13. The highest BCUT2D eigenvalue weighted by atomic mass is 16.2. The summed E-state index contributed by atoms with van der Waals surface area (Å²) in [5, 5.41) is 14.0. The van der Waals surface area contributed by atoms with Crippen molar-refractivity contribution < 1.29 is 4.79 Å². The van der Waals surface area contributed by atoms with Crippen molar-refractivity contribution in [1.29, 1.82) is 0 Å².